The maximum Gasteiger partial charge on any atom is 0.273 e. The molecular formula is C26H46N8O8. The zero-order chi connectivity index (χ0) is 31.3. The summed E-state index contributed by atoms with van der Waals surface area (Å²) >= 11 is 0. The molecule has 0 saturated carbocycles. The van der Waals surface area contributed by atoms with Crippen molar-refractivity contribution in [1.82, 2.24) is 31.2 Å². The fourth-order valence-corrected chi connectivity index (χ4v) is 3.11. The number of rotatable bonds is 22. The van der Waals surface area contributed by atoms with Gasteiger partial charge >= 0.3 is 0 Å². The molecule has 0 saturated heterocycles. The third-order valence-corrected chi connectivity index (χ3v) is 5.15. The van der Waals surface area contributed by atoms with Crippen molar-refractivity contribution in [3.8, 4) is 0 Å². The predicted molar refractivity (Wildman–Crippen MR) is 155 cm³/mol. The molecule has 1 heterocycles. The Labute approximate surface area is 246 Å². The van der Waals surface area contributed by atoms with Crippen LogP contribution in [0.1, 0.15) is 61.5 Å². The highest BCUT2D eigenvalue weighted by atomic mass is 16.5. The van der Waals surface area contributed by atoms with Crippen LogP contribution in [-0.4, -0.2) is 112 Å². The maximum absolute atomic E-state index is 12.4. The molecule has 0 spiro atoms. The molecule has 42 heavy (non-hydrogen) atoms. The van der Waals surface area contributed by atoms with E-state index in [1.807, 2.05) is 27.7 Å². The second kappa shape index (κ2) is 21.2. The van der Waals surface area contributed by atoms with Crippen LogP contribution >= 0.6 is 0 Å². The number of nitrogens with two attached hydrogens (primary N) is 2. The minimum absolute atomic E-state index is 0.0985. The van der Waals surface area contributed by atoms with E-state index in [1.54, 1.807) is 0 Å². The fraction of sp³-hybridized carbons (Fsp3) is 0.692. The molecule has 1 aromatic rings. The third kappa shape index (κ3) is 16.6. The van der Waals surface area contributed by atoms with Crippen LogP contribution in [0.2, 0.25) is 0 Å². The number of nitrogens with one attached hydrogen (secondary N) is 4. The molecule has 16 heteroatoms. The van der Waals surface area contributed by atoms with Gasteiger partial charge in [0, 0.05) is 39.0 Å². The van der Waals surface area contributed by atoms with Crippen LogP contribution in [0.5, 0.6) is 0 Å². The summed E-state index contributed by atoms with van der Waals surface area (Å²) in [6, 6.07) is 0. The van der Waals surface area contributed by atoms with Crippen molar-refractivity contribution >= 4 is 35.3 Å². The van der Waals surface area contributed by atoms with E-state index >= 15 is 0 Å². The minimum atomic E-state index is -0.666. The van der Waals surface area contributed by atoms with Gasteiger partial charge in [0.25, 0.3) is 11.8 Å². The smallest absolute Gasteiger partial charge is 0.273 e. The van der Waals surface area contributed by atoms with Gasteiger partial charge in [-0.05, 0) is 27.7 Å². The molecule has 0 aliphatic carbocycles. The summed E-state index contributed by atoms with van der Waals surface area (Å²) in [5.74, 6) is -2.38. The number of carbonyl (C=O) groups is 4. The molecule has 4 amide bonds. The van der Waals surface area contributed by atoms with E-state index in [0.29, 0.717) is 26.4 Å². The Hall–Kier alpha value is -3.60. The number of ether oxygens (including phenoxy) is 4. The van der Waals surface area contributed by atoms with Crippen LogP contribution in [-0.2, 0) is 28.5 Å². The average molecular weight is 599 g/mol. The summed E-state index contributed by atoms with van der Waals surface area (Å²) in [5.41, 5.74) is 11.2. The molecule has 0 unspecified atom stereocenters. The Bertz CT molecular complexity index is 916. The third-order valence-electron chi connectivity index (χ3n) is 5.15. The number of hydrogen-bond acceptors (Lipinski definition) is 12. The molecule has 0 bridgehead atoms. The van der Waals surface area contributed by atoms with Crippen molar-refractivity contribution in [3.63, 3.8) is 0 Å². The number of aromatic nitrogens is 2. The van der Waals surface area contributed by atoms with Gasteiger partial charge in [-0.25, -0.2) is 9.97 Å². The predicted octanol–water partition coefficient (Wildman–Crippen LogP) is -1.00. The first-order valence-electron chi connectivity index (χ1n) is 13.9. The van der Waals surface area contributed by atoms with Gasteiger partial charge in [0.15, 0.2) is 23.0 Å². The Balaban J connectivity index is 2.31. The van der Waals surface area contributed by atoms with Crippen molar-refractivity contribution in [2.24, 2.45) is 0 Å². The molecule has 16 nitrogen and oxygen atoms in total. The summed E-state index contributed by atoms with van der Waals surface area (Å²) in [6.07, 6.45) is 0.586. The van der Waals surface area contributed by atoms with E-state index in [1.165, 1.54) is 0 Å². The quantitative estimate of drug-likeness (QED) is 0.0882. The molecule has 8 N–H and O–H groups in total. The first kappa shape index (κ1) is 36.4. The topological polar surface area (TPSA) is 231 Å². The monoisotopic (exact) mass is 598 g/mol. The van der Waals surface area contributed by atoms with E-state index < -0.39 is 11.8 Å². The van der Waals surface area contributed by atoms with Crippen LogP contribution in [0, 0.1) is 0 Å². The highest BCUT2D eigenvalue weighted by Gasteiger charge is 2.20. The van der Waals surface area contributed by atoms with E-state index in [9.17, 15) is 19.2 Å². The molecule has 0 fully saturated rings. The number of nitrogens with zero attached hydrogens (tertiary/aromatic N) is 2. The number of amides is 4. The first-order valence-corrected chi connectivity index (χ1v) is 13.9. The largest absolute Gasteiger partial charge is 0.382 e. The number of hydrogen-bond donors (Lipinski definition) is 6. The van der Waals surface area contributed by atoms with E-state index in [-0.39, 0.29) is 99.3 Å². The second-order valence-electron chi connectivity index (χ2n) is 9.47. The van der Waals surface area contributed by atoms with Gasteiger partial charge in [-0.15, -0.1) is 0 Å². The normalized spacial score (nSPS) is 11.0. The van der Waals surface area contributed by atoms with Crippen molar-refractivity contribution in [2.75, 3.05) is 77.3 Å². The van der Waals surface area contributed by atoms with Gasteiger partial charge in [0.2, 0.25) is 11.8 Å². The molecule has 0 aromatic carbocycles. The standard InChI is InChI=1S/C26H46N8O8/c1-17(2)41-15-13-39-11-5-19(35)29-7-9-31-25(37)21-23(27)34-22(24(28)33-21)26(38)32-10-8-30-20(36)6-12-40-14-16-42-18(3)4/h17-18H,5-16H2,1-4H3,(H2,28,33)(H2,27,34)(H,29,35)(H,30,36)(H,31,37)(H,32,38). The van der Waals surface area contributed by atoms with E-state index in [2.05, 4.69) is 31.2 Å². The lowest BCUT2D eigenvalue weighted by Crippen LogP contribution is -2.37. The zero-order valence-electron chi connectivity index (χ0n) is 25.0. The summed E-state index contributed by atoms with van der Waals surface area (Å²) in [6.45, 7) is 10.5. The number of anilines is 2. The lowest BCUT2D eigenvalue weighted by Gasteiger charge is -2.11. The molecule has 0 atom stereocenters. The molecular weight excluding hydrogens is 552 g/mol. The SMILES string of the molecule is CC(C)OCCOCCC(=O)NCCNC(=O)c1nc(N)c(C(=O)NCCNC(=O)CCOCCOC(C)C)nc1N. The van der Waals surface area contributed by atoms with Crippen molar-refractivity contribution in [2.45, 2.75) is 52.7 Å². The van der Waals surface area contributed by atoms with Crippen LogP contribution in [0.3, 0.4) is 0 Å². The molecule has 238 valence electrons. The maximum atomic E-state index is 12.4. The van der Waals surface area contributed by atoms with Gasteiger partial charge in [-0.3, -0.25) is 19.2 Å². The lowest BCUT2D eigenvalue weighted by atomic mass is 10.3. The van der Waals surface area contributed by atoms with E-state index in [0.717, 1.165) is 0 Å². The Kier molecular flexibility index (Phi) is 18.3. The van der Waals surface area contributed by atoms with Gasteiger partial charge in [-0.2, -0.15) is 0 Å². The summed E-state index contributed by atoms with van der Waals surface area (Å²) in [4.78, 5) is 56.4. The number of carbonyl (C=O) groups excluding carboxylic acids is 4. The molecule has 1 rings (SSSR count). The Morgan fingerprint density at radius 1 is 0.595 bits per heavy atom. The number of nitrogen functional groups attached to an aromatic ring is 2. The Morgan fingerprint density at radius 3 is 1.31 bits per heavy atom. The summed E-state index contributed by atoms with van der Waals surface area (Å²) in [7, 11) is 0. The van der Waals surface area contributed by atoms with Gasteiger partial charge in [0.1, 0.15) is 0 Å². The summed E-state index contributed by atoms with van der Waals surface area (Å²) in [5, 5.41) is 10.4. The minimum Gasteiger partial charge on any atom is -0.382 e. The van der Waals surface area contributed by atoms with Crippen LogP contribution < -0.4 is 32.7 Å². The highest BCUT2D eigenvalue weighted by molar-refractivity contribution is 6.00. The van der Waals surface area contributed by atoms with Gasteiger partial charge in [0.05, 0.1) is 51.8 Å². The molecule has 0 aliphatic heterocycles. The molecule has 0 radical (unpaired) electrons. The lowest BCUT2D eigenvalue weighted by molar-refractivity contribution is -0.123. The zero-order valence-corrected chi connectivity index (χ0v) is 25.0. The average Bonchev–Trinajstić information content (AvgIpc) is 2.93. The first-order chi connectivity index (χ1) is 20.0. The molecule has 1 aromatic heterocycles. The second-order valence-corrected chi connectivity index (χ2v) is 9.47. The molecule has 0 aliphatic rings. The highest BCUT2D eigenvalue weighted by Crippen LogP contribution is 2.13. The fourth-order valence-electron chi connectivity index (χ4n) is 3.11. The van der Waals surface area contributed by atoms with Crippen molar-refractivity contribution < 1.29 is 38.1 Å². The van der Waals surface area contributed by atoms with Crippen LogP contribution in [0.25, 0.3) is 0 Å². The Morgan fingerprint density at radius 2 is 0.952 bits per heavy atom. The van der Waals surface area contributed by atoms with E-state index in [4.69, 9.17) is 30.4 Å². The van der Waals surface area contributed by atoms with Crippen molar-refractivity contribution in [3.05, 3.63) is 11.4 Å². The summed E-state index contributed by atoms with van der Waals surface area (Å²) < 4.78 is 21.3. The van der Waals surface area contributed by atoms with Crippen molar-refractivity contribution in [1.29, 1.82) is 0 Å². The van der Waals surface area contributed by atoms with Crippen LogP contribution in [0.4, 0.5) is 11.6 Å². The van der Waals surface area contributed by atoms with Gasteiger partial charge in [-0.1, -0.05) is 0 Å². The van der Waals surface area contributed by atoms with Crippen LogP contribution in [0.15, 0.2) is 0 Å². The van der Waals surface area contributed by atoms with Gasteiger partial charge < -0.3 is 51.7 Å².